The predicted molar refractivity (Wildman–Crippen MR) is 80.9 cm³/mol. The van der Waals surface area contributed by atoms with Gasteiger partial charge >= 0.3 is 17.9 Å². The second-order valence-corrected chi connectivity index (χ2v) is 5.01. The largest absolute Gasteiger partial charge is 0.478 e. The van der Waals surface area contributed by atoms with E-state index in [1.165, 1.54) is 6.07 Å². The maximum Gasteiger partial charge on any atom is 0.338 e. The molecule has 7 heteroatoms. The van der Waals surface area contributed by atoms with Crippen molar-refractivity contribution in [1.29, 1.82) is 0 Å². The Hall–Kier alpha value is -2.86. The number of benzene rings is 2. The van der Waals surface area contributed by atoms with E-state index < -0.39 is 29.0 Å². The van der Waals surface area contributed by atoms with Crippen molar-refractivity contribution in [3.05, 3.63) is 69.7 Å². The first-order valence-corrected chi connectivity index (χ1v) is 6.78. The standard InChI is InChI=1S/C16H11ClO6/c17-11-4-1-9(2-5-11)8-23-16(22)10-3-6-12(14(18)19)13(7-10)15(20)21/h1-7H,8H2,(H,18,19)(H,20,21). The smallest absolute Gasteiger partial charge is 0.338 e. The van der Waals surface area contributed by atoms with Crippen molar-refractivity contribution < 1.29 is 29.3 Å². The molecular formula is C16H11ClO6. The number of carboxylic acids is 2. The molecular weight excluding hydrogens is 324 g/mol. The number of carbonyl (C=O) groups excluding carboxylic acids is 1. The van der Waals surface area contributed by atoms with Gasteiger partial charge in [-0.1, -0.05) is 23.7 Å². The van der Waals surface area contributed by atoms with E-state index >= 15 is 0 Å². The van der Waals surface area contributed by atoms with Crippen LogP contribution in [0.3, 0.4) is 0 Å². The van der Waals surface area contributed by atoms with E-state index in [0.717, 1.165) is 12.1 Å². The quantitative estimate of drug-likeness (QED) is 0.815. The summed E-state index contributed by atoms with van der Waals surface area (Å²) in [6.45, 7) is -0.0148. The van der Waals surface area contributed by atoms with Crippen LogP contribution in [0.2, 0.25) is 5.02 Å². The average molecular weight is 335 g/mol. The molecule has 2 aromatic carbocycles. The molecule has 0 atom stereocenters. The normalized spacial score (nSPS) is 10.1. The van der Waals surface area contributed by atoms with Crippen molar-refractivity contribution in [2.45, 2.75) is 6.61 Å². The zero-order chi connectivity index (χ0) is 17.0. The van der Waals surface area contributed by atoms with Gasteiger partial charge < -0.3 is 14.9 Å². The zero-order valence-corrected chi connectivity index (χ0v) is 12.4. The second-order valence-electron chi connectivity index (χ2n) is 4.57. The third-order valence-electron chi connectivity index (χ3n) is 3.00. The number of carbonyl (C=O) groups is 3. The number of rotatable bonds is 5. The van der Waals surface area contributed by atoms with Crippen molar-refractivity contribution in [2.75, 3.05) is 0 Å². The van der Waals surface area contributed by atoms with E-state index in [1.54, 1.807) is 24.3 Å². The highest BCUT2D eigenvalue weighted by Gasteiger charge is 2.19. The molecule has 0 saturated heterocycles. The maximum atomic E-state index is 12.0. The van der Waals surface area contributed by atoms with E-state index in [1.807, 2.05) is 0 Å². The zero-order valence-electron chi connectivity index (χ0n) is 11.7. The number of ether oxygens (including phenoxy) is 1. The summed E-state index contributed by atoms with van der Waals surface area (Å²) in [7, 11) is 0. The molecule has 118 valence electrons. The molecule has 0 fully saturated rings. The summed E-state index contributed by atoms with van der Waals surface area (Å²) < 4.78 is 5.07. The molecule has 0 amide bonds. The van der Waals surface area contributed by atoms with Gasteiger partial charge in [-0.15, -0.1) is 0 Å². The van der Waals surface area contributed by atoms with Crippen LogP contribution < -0.4 is 0 Å². The van der Waals surface area contributed by atoms with Crippen molar-refractivity contribution in [3.8, 4) is 0 Å². The van der Waals surface area contributed by atoms with Gasteiger partial charge in [0.05, 0.1) is 16.7 Å². The fraction of sp³-hybridized carbons (Fsp3) is 0.0625. The van der Waals surface area contributed by atoms with Crippen molar-refractivity contribution in [3.63, 3.8) is 0 Å². The van der Waals surface area contributed by atoms with Gasteiger partial charge in [-0.25, -0.2) is 14.4 Å². The molecule has 2 aromatic rings. The Labute approximate surface area is 135 Å². The van der Waals surface area contributed by atoms with Gasteiger partial charge in [0, 0.05) is 5.02 Å². The van der Waals surface area contributed by atoms with Gasteiger partial charge in [-0.3, -0.25) is 0 Å². The number of halogens is 1. The summed E-state index contributed by atoms with van der Waals surface area (Å²) in [5, 5.41) is 18.5. The SMILES string of the molecule is O=C(OCc1ccc(Cl)cc1)c1ccc(C(=O)O)c(C(=O)O)c1. The monoisotopic (exact) mass is 334 g/mol. The molecule has 0 radical (unpaired) electrons. The van der Waals surface area contributed by atoms with Crippen LogP contribution in [-0.4, -0.2) is 28.1 Å². The van der Waals surface area contributed by atoms with Gasteiger partial charge in [-0.2, -0.15) is 0 Å². The second kappa shape index (κ2) is 6.93. The molecule has 2 rings (SSSR count). The van der Waals surface area contributed by atoms with Crippen LogP contribution >= 0.6 is 11.6 Å². The van der Waals surface area contributed by atoms with E-state index in [9.17, 15) is 14.4 Å². The van der Waals surface area contributed by atoms with Crippen LogP contribution in [0.15, 0.2) is 42.5 Å². The van der Waals surface area contributed by atoms with Gasteiger partial charge in [0.2, 0.25) is 0 Å². The molecule has 0 spiro atoms. The van der Waals surface area contributed by atoms with Crippen molar-refractivity contribution in [1.82, 2.24) is 0 Å². The Morgan fingerprint density at radius 2 is 1.52 bits per heavy atom. The minimum Gasteiger partial charge on any atom is -0.478 e. The number of esters is 1. The van der Waals surface area contributed by atoms with Crippen LogP contribution in [0, 0.1) is 0 Å². The summed E-state index contributed by atoms with van der Waals surface area (Å²) >= 11 is 5.75. The molecule has 0 aromatic heterocycles. The molecule has 0 saturated carbocycles. The number of hydrogen-bond donors (Lipinski definition) is 2. The van der Waals surface area contributed by atoms with Crippen LogP contribution in [0.1, 0.15) is 36.6 Å². The molecule has 0 bridgehead atoms. The lowest BCUT2D eigenvalue weighted by atomic mass is 10.0. The maximum absolute atomic E-state index is 12.0. The third-order valence-corrected chi connectivity index (χ3v) is 3.25. The van der Waals surface area contributed by atoms with E-state index in [0.29, 0.717) is 10.6 Å². The minimum absolute atomic E-state index is 0.0148. The molecule has 0 aliphatic carbocycles. The van der Waals surface area contributed by atoms with E-state index in [2.05, 4.69) is 0 Å². The summed E-state index contributed by atoms with van der Waals surface area (Å²) in [6, 6.07) is 9.92. The number of carboxylic acid groups (broad SMARTS) is 2. The lowest BCUT2D eigenvalue weighted by Crippen LogP contribution is -2.12. The van der Waals surface area contributed by atoms with Gasteiger partial charge in [-0.05, 0) is 35.9 Å². The first-order valence-electron chi connectivity index (χ1n) is 6.40. The van der Waals surface area contributed by atoms with Crippen LogP contribution in [0.4, 0.5) is 0 Å². The van der Waals surface area contributed by atoms with Crippen molar-refractivity contribution in [2.24, 2.45) is 0 Å². The summed E-state index contributed by atoms with van der Waals surface area (Å²) in [6.07, 6.45) is 0. The van der Waals surface area contributed by atoms with Gasteiger partial charge in [0.15, 0.2) is 0 Å². The molecule has 0 heterocycles. The summed E-state index contributed by atoms with van der Waals surface area (Å²) in [4.78, 5) is 34.0. The van der Waals surface area contributed by atoms with E-state index in [4.69, 9.17) is 26.6 Å². The first kappa shape index (κ1) is 16.5. The van der Waals surface area contributed by atoms with E-state index in [-0.39, 0.29) is 12.2 Å². The molecule has 6 nitrogen and oxygen atoms in total. The molecule has 23 heavy (non-hydrogen) atoms. The Morgan fingerprint density at radius 3 is 2.09 bits per heavy atom. The summed E-state index contributed by atoms with van der Waals surface area (Å²) in [5.74, 6) is -3.57. The fourth-order valence-corrected chi connectivity index (χ4v) is 1.97. The van der Waals surface area contributed by atoms with Crippen molar-refractivity contribution >= 4 is 29.5 Å². The Morgan fingerprint density at radius 1 is 0.913 bits per heavy atom. The van der Waals surface area contributed by atoms with Gasteiger partial charge in [0.25, 0.3) is 0 Å². The third kappa shape index (κ3) is 4.08. The fourth-order valence-electron chi connectivity index (χ4n) is 1.85. The minimum atomic E-state index is -1.44. The highest BCUT2D eigenvalue weighted by Crippen LogP contribution is 2.15. The average Bonchev–Trinajstić information content (AvgIpc) is 2.53. The van der Waals surface area contributed by atoms with Gasteiger partial charge in [0.1, 0.15) is 6.61 Å². The topological polar surface area (TPSA) is 101 Å². The Kier molecular flexibility index (Phi) is 4.98. The Bertz CT molecular complexity index is 767. The lowest BCUT2D eigenvalue weighted by molar-refractivity contribution is 0.0471. The summed E-state index contributed by atoms with van der Waals surface area (Å²) in [5.41, 5.74) is -0.199. The van der Waals surface area contributed by atoms with Crippen LogP contribution in [0.25, 0.3) is 0 Å². The molecule has 0 aliphatic rings. The highest BCUT2D eigenvalue weighted by atomic mass is 35.5. The number of aromatic carboxylic acids is 2. The molecule has 2 N–H and O–H groups in total. The number of hydrogen-bond acceptors (Lipinski definition) is 4. The lowest BCUT2D eigenvalue weighted by Gasteiger charge is -2.07. The first-order chi connectivity index (χ1) is 10.9. The predicted octanol–water partition coefficient (Wildman–Crippen LogP) is 3.09. The molecule has 0 unspecified atom stereocenters. The molecule has 0 aliphatic heterocycles. The van der Waals surface area contributed by atoms with Crippen LogP contribution in [0.5, 0.6) is 0 Å². The Balaban J connectivity index is 2.16. The highest BCUT2D eigenvalue weighted by molar-refractivity contribution is 6.30. The van der Waals surface area contributed by atoms with Crippen LogP contribution in [-0.2, 0) is 11.3 Å².